The first-order chi connectivity index (χ1) is 11.5. The third kappa shape index (κ3) is 4.17. The molecule has 3 rings (SSSR count). The van der Waals surface area contributed by atoms with E-state index in [4.69, 9.17) is 11.6 Å². The summed E-state index contributed by atoms with van der Waals surface area (Å²) in [5.74, 6) is 0.392. The molecular formula is C16H14ClN3O2S2. The number of thioether (sulfide) groups is 1. The third-order valence-corrected chi connectivity index (χ3v) is 6.34. The van der Waals surface area contributed by atoms with E-state index < -0.39 is 9.84 Å². The van der Waals surface area contributed by atoms with Gasteiger partial charge in [-0.3, -0.25) is 0 Å². The Balaban J connectivity index is 1.60. The van der Waals surface area contributed by atoms with Gasteiger partial charge in [-0.25, -0.2) is 18.1 Å². The van der Waals surface area contributed by atoms with E-state index in [1.165, 1.54) is 23.9 Å². The number of halogens is 1. The van der Waals surface area contributed by atoms with E-state index >= 15 is 0 Å². The molecule has 3 aromatic rings. The Kier molecular flexibility index (Phi) is 5.23. The van der Waals surface area contributed by atoms with E-state index in [1.807, 2.05) is 30.3 Å². The molecular weight excluding hydrogens is 366 g/mol. The summed E-state index contributed by atoms with van der Waals surface area (Å²) in [5, 5.41) is 5.40. The number of hydrogen-bond donors (Lipinski definition) is 0. The van der Waals surface area contributed by atoms with Crippen LogP contribution in [0.25, 0.3) is 5.69 Å². The SMILES string of the molecule is O=S(=O)(CCSc1ncn(-c2ccccc2)n1)c1ccc(Cl)cc1. The van der Waals surface area contributed by atoms with Gasteiger partial charge in [0.25, 0.3) is 0 Å². The normalized spacial score (nSPS) is 11.5. The van der Waals surface area contributed by atoms with Gasteiger partial charge in [-0.2, -0.15) is 0 Å². The molecule has 0 saturated heterocycles. The number of aromatic nitrogens is 3. The summed E-state index contributed by atoms with van der Waals surface area (Å²) >= 11 is 7.09. The smallest absolute Gasteiger partial charge is 0.208 e. The Labute approximate surface area is 149 Å². The average Bonchev–Trinajstić information content (AvgIpc) is 3.05. The molecule has 24 heavy (non-hydrogen) atoms. The van der Waals surface area contributed by atoms with E-state index in [2.05, 4.69) is 10.1 Å². The highest BCUT2D eigenvalue weighted by atomic mass is 35.5. The van der Waals surface area contributed by atoms with Crippen LogP contribution in [0, 0.1) is 0 Å². The van der Waals surface area contributed by atoms with Crippen molar-refractivity contribution < 1.29 is 8.42 Å². The highest BCUT2D eigenvalue weighted by molar-refractivity contribution is 8.00. The van der Waals surface area contributed by atoms with Crippen molar-refractivity contribution in [2.45, 2.75) is 10.1 Å². The standard InChI is InChI=1S/C16H14ClN3O2S2/c17-13-6-8-15(9-7-13)24(21,22)11-10-23-16-18-12-20(19-16)14-4-2-1-3-5-14/h1-9,12H,10-11H2. The Morgan fingerprint density at radius 2 is 1.75 bits per heavy atom. The van der Waals surface area contributed by atoms with Crippen molar-refractivity contribution in [1.82, 2.24) is 14.8 Å². The van der Waals surface area contributed by atoms with Crippen molar-refractivity contribution in [2.24, 2.45) is 0 Å². The van der Waals surface area contributed by atoms with Gasteiger partial charge in [-0.15, -0.1) is 5.10 Å². The number of para-hydroxylation sites is 1. The molecule has 0 fully saturated rings. The molecule has 0 saturated carbocycles. The number of sulfone groups is 1. The van der Waals surface area contributed by atoms with E-state index in [9.17, 15) is 8.42 Å². The second kappa shape index (κ2) is 7.38. The lowest BCUT2D eigenvalue weighted by atomic mass is 10.3. The van der Waals surface area contributed by atoms with Gasteiger partial charge < -0.3 is 0 Å². The van der Waals surface area contributed by atoms with Crippen LogP contribution >= 0.6 is 23.4 Å². The van der Waals surface area contributed by atoms with Crippen LogP contribution in [-0.2, 0) is 9.84 Å². The van der Waals surface area contributed by atoms with E-state index in [-0.39, 0.29) is 10.6 Å². The van der Waals surface area contributed by atoms with Crippen LogP contribution in [0.5, 0.6) is 0 Å². The molecule has 0 unspecified atom stereocenters. The first kappa shape index (κ1) is 17.0. The first-order valence-electron chi connectivity index (χ1n) is 7.13. The van der Waals surface area contributed by atoms with Gasteiger partial charge in [0.2, 0.25) is 5.16 Å². The largest absolute Gasteiger partial charge is 0.224 e. The fourth-order valence-corrected chi connectivity index (χ4v) is 4.59. The fraction of sp³-hybridized carbons (Fsp3) is 0.125. The summed E-state index contributed by atoms with van der Waals surface area (Å²) in [6, 6.07) is 15.8. The lowest BCUT2D eigenvalue weighted by Crippen LogP contribution is -2.08. The maximum atomic E-state index is 12.3. The van der Waals surface area contributed by atoms with E-state index in [1.54, 1.807) is 23.1 Å². The summed E-state index contributed by atoms with van der Waals surface area (Å²) in [7, 11) is -3.33. The van der Waals surface area contributed by atoms with E-state index in [0.29, 0.717) is 15.9 Å². The van der Waals surface area contributed by atoms with Crippen LogP contribution in [0.3, 0.4) is 0 Å². The molecule has 0 spiro atoms. The topological polar surface area (TPSA) is 64.8 Å². The zero-order valence-corrected chi connectivity index (χ0v) is 14.9. The maximum absolute atomic E-state index is 12.3. The van der Waals surface area contributed by atoms with Gasteiger partial charge in [0.15, 0.2) is 9.84 Å². The zero-order chi connectivity index (χ0) is 17.0. The molecule has 1 aromatic heterocycles. The van der Waals surface area contributed by atoms with Crippen LogP contribution in [0.2, 0.25) is 5.02 Å². The van der Waals surface area contributed by atoms with Gasteiger partial charge in [0.05, 0.1) is 16.3 Å². The number of nitrogens with zero attached hydrogens (tertiary/aromatic N) is 3. The lowest BCUT2D eigenvalue weighted by Gasteiger charge is -2.03. The van der Waals surface area contributed by atoms with Crippen molar-refractivity contribution in [3.63, 3.8) is 0 Å². The predicted octanol–water partition coefficient (Wildman–Crippen LogP) is 3.49. The minimum atomic E-state index is -3.33. The number of benzene rings is 2. The van der Waals surface area contributed by atoms with Gasteiger partial charge in [-0.1, -0.05) is 41.6 Å². The summed E-state index contributed by atoms with van der Waals surface area (Å²) in [6.45, 7) is 0. The highest BCUT2D eigenvalue weighted by Gasteiger charge is 2.15. The van der Waals surface area contributed by atoms with Gasteiger partial charge in [0.1, 0.15) is 6.33 Å². The van der Waals surface area contributed by atoms with Gasteiger partial charge in [0, 0.05) is 10.8 Å². The molecule has 0 aliphatic rings. The fourth-order valence-electron chi connectivity index (χ4n) is 2.02. The molecule has 1 heterocycles. The maximum Gasteiger partial charge on any atom is 0.208 e. The molecule has 0 atom stereocenters. The third-order valence-electron chi connectivity index (χ3n) is 3.25. The molecule has 0 aliphatic carbocycles. The quantitative estimate of drug-likeness (QED) is 0.613. The number of rotatable bonds is 6. The first-order valence-corrected chi connectivity index (χ1v) is 10.1. The Morgan fingerprint density at radius 3 is 2.46 bits per heavy atom. The van der Waals surface area contributed by atoms with Crippen LogP contribution in [-0.4, -0.2) is 34.7 Å². The second-order valence-corrected chi connectivity index (χ2v) is 8.54. The molecule has 8 heteroatoms. The van der Waals surface area contributed by atoms with Crippen molar-refractivity contribution in [2.75, 3.05) is 11.5 Å². The predicted molar refractivity (Wildman–Crippen MR) is 95.6 cm³/mol. The molecule has 0 amide bonds. The summed E-state index contributed by atoms with van der Waals surface area (Å²) in [6.07, 6.45) is 1.62. The summed E-state index contributed by atoms with van der Waals surface area (Å²) in [5.41, 5.74) is 0.908. The summed E-state index contributed by atoms with van der Waals surface area (Å²) < 4.78 is 26.2. The minimum Gasteiger partial charge on any atom is -0.224 e. The van der Waals surface area contributed by atoms with Gasteiger partial charge >= 0.3 is 0 Å². The van der Waals surface area contributed by atoms with Crippen LogP contribution in [0.1, 0.15) is 0 Å². The Bertz CT molecular complexity index is 910. The van der Waals surface area contributed by atoms with Crippen LogP contribution in [0.15, 0.2) is 71.0 Å². The molecule has 124 valence electrons. The molecule has 5 nitrogen and oxygen atoms in total. The molecule has 0 radical (unpaired) electrons. The Hall–Kier alpha value is -1.83. The van der Waals surface area contributed by atoms with Crippen LogP contribution in [0.4, 0.5) is 0 Å². The van der Waals surface area contributed by atoms with Crippen molar-refractivity contribution in [3.8, 4) is 5.69 Å². The summed E-state index contributed by atoms with van der Waals surface area (Å²) in [4.78, 5) is 4.47. The Morgan fingerprint density at radius 1 is 1.04 bits per heavy atom. The van der Waals surface area contributed by atoms with Gasteiger partial charge in [-0.05, 0) is 36.4 Å². The highest BCUT2D eigenvalue weighted by Crippen LogP contribution is 2.19. The second-order valence-electron chi connectivity index (χ2n) is 4.93. The molecule has 0 bridgehead atoms. The average molecular weight is 380 g/mol. The number of hydrogen-bond acceptors (Lipinski definition) is 5. The zero-order valence-electron chi connectivity index (χ0n) is 12.5. The molecule has 2 aromatic carbocycles. The monoisotopic (exact) mass is 379 g/mol. The minimum absolute atomic E-state index is 0.0131. The van der Waals surface area contributed by atoms with Crippen LogP contribution < -0.4 is 0 Å². The van der Waals surface area contributed by atoms with Crippen molar-refractivity contribution >= 4 is 33.2 Å². The van der Waals surface area contributed by atoms with Crippen molar-refractivity contribution in [3.05, 3.63) is 65.9 Å². The molecule has 0 N–H and O–H groups in total. The van der Waals surface area contributed by atoms with E-state index in [0.717, 1.165) is 5.69 Å². The lowest BCUT2D eigenvalue weighted by molar-refractivity contribution is 0.597. The molecule has 0 aliphatic heterocycles. The van der Waals surface area contributed by atoms with Crippen molar-refractivity contribution in [1.29, 1.82) is 0 Å².